The third-order valence-electron chi connectivity index (χ3n) is 9.20. The molecular weight excluding hydrogens is 528 g/mol. The molecule has 2 atom stereocenters. The molecule has 3 aromatic rings. The highest BCUT2D eigenvalue weighted by Crippen LogP contribution is 2.44. The lowest BCUT2D eigenvalue weighted by atomic mass is 9.85. The van der Waals surface area contributed by atoms with E-state index in [0.717, 1.165) is 67.8 Å². The average Bonchev–Trinajstić information content (AvgIpc) is 3.64. The zero-order chi connectivity index (χ0) is 29.9. The zero-order valence-electron chi connectivity index (χ0n) is 25.0. The van der Waals surface area contributed by atoms with Crippen LogP contribution in [0.15, 0.2) is 30.9 Å². The molecule has 42 heavy (non-hydrogen) atoms. The molecule has 8 heteroatoms. The van der Waals surface area contributed by atoms with Crippen molar-refractivity contribution in [3.63, 3.8) is 0 Å². The molecule has 3 aromatic heterocycles. The number of cyclic esters (lactones) is 1. The highest BCUT2D eigenvalue weighted by Gasteiger charge is 2.36. The third-order valence-corrected chi connectivity index (χ3v) is 9.20. The van der Waals surface area contributed by atoms with Crippen molar-refractivity contribution in [2.75, 3.05) is 7.11 Å². The second-order valence-corrected chi connectivity index (χ2v) is 11.4. The van der Waals surface area contributed by atoms with Crippen LogP contribution in [-0.2, 0) is 27.3 Å². The number of allylic oxidation sites excluding steroid dienone is 3. The fourth-order valence-corrected chi connectivity index (χ4v) is 6.61. The van der Waals surface area contributed by atoms with Gasteiger partial charge in [-0.1, -0.05) is 26.5 Å². The number of aromatic nitrogens is 4. The van der Waals surface area contributed by atoms with Crippen LogP contribution in [0.4, 0.5) is 0 Å². The molecule has 8 nitrogen and oxygen atoms in total. The van der Waals surface area contributed by atoms with Crippen LogP contribution in [-0.4, -0.2) is 39.0 Å². The summed E-state index contributed by atoms with van der Waals surface area (Å²) in [5.74, 6) is -0.954. The lowest BCUT2D eigenvalue weighted by Gasteiger charge is -2.19. The Kier molecular flexibility index (Phi) is 6.87. The van der Waals surface area contributed by atoms with Gasteiger partial charge in [-0.15, -0.1) is 0 Å². The lowest BCUT2D eigenvalue weighted by Crippen LogP contribution is -2.17. The number of carbonyl (C=O) groups is 2. The van der Waals surface area contributed by atoms with Crippen LogP contribution in [0.2, 0.25) is 0 Å². The minimum absolute atomic E-state index is 0.0660. The third kappa shape index (κ3) is 4.28. The predicted octanol–water partition coefficient (Wildman–Crippen LogP) is 7.12. The van der Waals surface area contributed by atoms with Crippen LogP contribution < -0.4 is 0 Å². The van der Waals surface area contributed by atoms with E-state index < -0.39 is 5.97 Å². The van der Waals surface area contributed by atoms with Crippen molar-refractivity contribution in [3.8, 4) is 0 Å². The first kappa shape index (κ1) is 27.7. The smallest absolute Gasteiger partial charge is 0.342 e. The number of fused-ring (bicyclic) bond motifs is 8. The van der Waals surface area contributed by atoms with E-state index in [1.54, 1.807) is 0 Å². The van der Waals surface area contributed by atoms with Gasteiger partial charge in [0.1, 0.15) is 12.2 Å². The standard InChI is InChI=1S/C34H36N4O4/c1-8-20-16(3)24-12-26-18(5)22(10-11-30(39)41-7)32(37-26)31-33-23(15-42-34(31)40)19(6)27(38-33)14-29-21(9-2)17(4)25(36-29)13-28(20)35-24/h8,12-14,18,22,36,38H,1,9-11,15H2,2-7H3/t18-,22-/m0/s1. The zero-order valence-corrected chi connectivity index (χ0v) is 25.0. The van der Waals surface area contributed by atoms with Crippen LogP contribution in [0.5, 0.6) is 0 Å². The summed E-state index contributed by atoms with van der Waals surface area (Å²) in [7, 11) is 1.39. The van der Waals surface area contributed by atoms with Crippen LogP contribution in [0.3, 0.4) is 0 Å². The van der Waals surface area contributed by atoms with Gasteiger partial charge in [-0.2, -0.15) is 0 Å². The molecule has 0 amide bonds. The van der Waals surface area contributed by atoms with Crippen molar-refractivity contribution in [3.05, 3.63) is 81.4 Å². The summed E-state index contributed by atoms with van der Waals surface area (Å²) in [6, 6.07) is 6.22. The Balaban J connectivity index is 1.77. The summed E-state index contributed by atoms with van der Waals surface area (Å²) in [6.45, 7) is 14.7. The normalized spacial score (nSPS) is 17.8. The Morgan fingerprint density at radius 1 is 1.10 bits per heavy atom. The maximum absolute atomic E-state index is 13.5. The number of aromatic amines is 2. The Bertz CT molecular complexity index is 1870. The van der Waals surface area contributed by atoms with Gasteiger partial charge in [0, 0.05) is 51.6 Å². The summed E-state index contributed by atoms with van der Waals surface area (Å²) in [5.41, 5.74) is 13.5. The second-order valence-electron chi connectivity index (χ2n) is 11.4. The first-order valence-corrected chi connectivity index (χ1v) is 14.5. The molecule has 0 saturated carbocycles. The highest BCUT2D eigenvalue weighted by atomic mass is 16.5. The summed E-state index contributed by atoms with van der Waals surface area (Å²) in [6.07, 6.45) is 3.41. The largest absolute Gasteiger partial charge is 0.469 e. The van der Waals surface area contributed by atoms with Gasteiger partial charge >= 0.3 is 11.9 Å². The van der Waals surface area contributed by atoms with Crippen molar-refractivity contribution in [1.82, 2.24) is 19.9 Å². The molecule has 216 valence electrons. The molecule has 0 spiro atoms. The van der Waals surface area contributed by atoms with Gasteiger partial charge < -0.3 is 19.4 Å². The number of rotatable bonds is 5. The molecule has 6 heterocycles. The van der Waals surface area contributed by atoms with Gasteiger partial charge in [-0.05, 0) is 74.1 Å². The van der Waals surface area contributed by atoms with Crippen molar-refractivity contribution < 1.29 is 19.1 Å². The maximum Gasteiger partial charge on any atom is 0.342 e. The number of carbonyl (C=O) groups excluding carboxylic acids is 2. The number of esters is 2. The number of nitrogens with zero attached hydrogens (tertiary/aromatic N) is 2. The Morgan fingerprint density at radius 2 is 1.86 bits per heavy atom. The summed E-state index contributed by atoms with van der Waals surface area (Å²) in [5, 5.41) is 0. The number of nitrogens with one attached hydrogen (secondary N) is 2. The summed E-state index contributed by atoms with van der Waals surface area (Å²) >= 11 is 0. The van der Waals surface area contributed by atoms with Gasteiger partial charge in [0.05, 0.1) is 29.7 Å². The average molecular weight is 565 g/mol. The van der Waals surface area contributed by atoms with E-state index >= 15 is 0 Å². The first-order chi connectivity index (χ1) is 20.2. The molecule has 0 aromatic carbocycles. The predicted molar refractivity (Wildman–Crippen MR) is 164 cm³/mol. The van der Waals surface area contributed by atoms with Gasteiger partial charge in [0.25, 0.3) is 0 Å². The molecule has 0 aliphatic carbocycles. The monoisotopic (exact) mass is 564 g/mol. The van der Waals surface area contributed by atoms with Crippen LogP contribution in [0.1, 0.15) is 101 Å². The van der Waals surface area contributed by atoms with Gasteiger partial charge in [-0.25, -0.2) is 9.78 Å². The van der Waals surface area contributed by atoms with E-state index in [0.29, 0.717) is 17.7 Å². The van der Waals surface area contributed by atoms with Crippen molar-refractivity contribution in [2.24, 2.45) is 0 Å². The van der Waals surface area contributed by atoms with E-state index in [1.807, 2.05) is 26.0 Å². The summed E-state index contributed by atoms with van der Waals surface area (Å²) < 4.78 is 10.7. The van der Waals surface area contributed by atoms with Crippen LogP contribution in [0, 0.1) is 13.8 Å². The van der Waals surface area contributed by atoms with E-state index in [-0.39, 0.29) is 30.8 Å². The number of methoxy groups -OCH3 is 1. The van der Waals surface area contributed by atoms with E-state index in [1.165, 1.54) is 18.2 Å². The molecule has 0 unspecified atom stereocenters. The SMILES string of the molecule is C=CC1=C(C)c2cc3nc(c4c5[nH]c(cc6[nH]c(cc1n2)c(C)c6CC)c(C)c5COC4=O)[C@@H](CCC(=O)OC)[C@@H]3C. The van der Waals surface area contributed by atoms with Gasteiger partial charge in [0.15, 0.2) is 0 Å². The minimum atomic E-state index is -0.410. The van der Waals surface area contributed by atoms with Crippen molar-refractivity contribution in [2.45, 2.75) is 72.3 Å². The second kappa shape index (κ2) is 10.4. The molecule has 0 saturated heterocycles. The first-order valence-electron chi connectivity index (χ1n) is 14.5. The Labute approximate surface area is 244 Å². The van der Waals surface area contributed by atoms with E-state index in [9.17, 15) is 9.59 Å². The fraction of sp³-hybridized carbons (Fsp3) is 0.353. The van der Waals surface area contributed by atoms with Crippen molar-refractivity contribution in [1.29, 1.82) is 0 Å². The number of hydrogen-bond acceptors (Lipinski definition) is 6. The Morgan fingerprint density at radius 3 is 2.57 bits per heavy atom. The van der Waals surface area contributed by atoms with Crippen LogP contribution >= 0.6 is 0 Å². The molecule has 0 radical (unpaired) electrons. The highest BCUT2D eigenvalue weighted by molar-refractivity contribution is 6.02. The number of H-pyrrole nitrogens is 2. The quantitative estimate of drug-likeness (QED) is 0.319. The molecule has 3 aliphatic heterocycles. The topological polar surface area (TPSA) is 110 Å². The minimum Gasteiger partial charge on any atom is -0.469 e. The number of hydrogen-bond donors (Lipinski definition) is 2. The molecule has 3 aliphatic rings. The van der Waals surface area contributed by atoms with Crippen molar-refractivity contribution >= 4 is 45.2 Å². The molecule has 8 bridgehead atoms. The van der Waals surface area contributed by atoms with E-state index in [4.69, 9.17) is 19.4 Å². The summed E-state index contributed by atoms with van der Waals surface area (Å²) in [4.78, 5) is 43.0. The Hall–Kier alpha value is -4.46. The van der Waals surface area contributed by atoms with Crippen LogP contribution in [0.25, 0.3) is 33.2 Å². The van der Waals surface area contributed by atoms with Gasteiger partial charge in [-0.3, -0.25) is 9.78 Å². The van der Waals surface area contributed by atoms with E-state index in [2.05, 4.69) is 49.5 Å². The number of ether oxygens (including phenoxy) is 2. The fourth-order valence-electron chi connectivity index (χ4n) is 6.61. The molecular formula is C34H36N4O4. The molecule has 0 fully saturated rings. The number of aryl methyl sites for hydroxylation is 3. The maximum atomic E-state index is 13.5. The van der Waals surface area contributed by atoms with Gasteiger partial charge in [0.2, 0.25) is 0 Å². The molecule has 6 rings (SSSR count). The molecule has 2 N–H and O–H groups in total. The lowest BCUT2D eigenvalue weighted by molar-refractivity contribution is -0.140.